The number of amides is 1. The summed E-state index contributed by atoms with van der Waals surface area (Å²) in [5.41, 5.74) is 2.14. The minimum Gasteiger partial charge on any atom is -0.457 e. The first kappa shape index (κ1) is 22.3. The Labute approximate surface area is 206 Å². The topological polar surface area (TPSA) is 49.1 Å². The Kier molecular flexibility index (Phi) is 6.60. The lowest BCUT2D eigenvalue weighted by Gasteiger charge is -2.35. The van der Waals surface area contributed by atoms with Gasteiger partial charge in [0.15, 0.2) is 5.17 Å². The Hall–Kier alpha value is -2.51. The summed E-state index contributed by atoms with van der Waals surface area (Å²) in [7, 11) is 0. The summed E-state index contributed by atoms with van der Waals surface area (Å²) in [5.74, 6) is 1.02. The summed E-state index contributed by atoms with van der Waals surface area (Å²) in [4.78, 5) is 22.0. The van der Waals surface area contributed by atoms with E-state index in [1.807, 2.05) is 24.3 Å². The number of nitrogens with zero attached hydrogens (tertiary/aromatic N) is 3. The van der Waals surface area contributed by atoms with E-state index in [0.29, 0.717) is 26.5 Å². The van der Waals surface area contributed by atoms with Gasteiger partial charge in [-0.1, -0.05) is 53.5 Å². The molecule has 5 nitrogen and oxygen atoms in total. The van der Waals surface area contributed by atoms with E-state index in [0.717, 1.165) is 43.5 Å². The summed E-state index contributed by atoms with van der Waals surface area (Å²) < 4.78 is 5.91. The van der Waals surface area contributed by atoms with Crippen molar-refractivity contribution < 1.29 is 9.21 Å². The van der Waals surface area contributed by atoms with E-state index in [1.165, 1.54) is 17.3 Å². The number of carbonyl (C=O) groups is 1. The number of furan rings is 1. The Morgan fingerprint density at radius 2 is 1.76 bits per heavy atom. The second kappa shape index (κ2) is 9.77. The molecule has 0 atom stereocenters. The van der Waals surface area contributed by atoms with Gasteiger partial charge in [-0.05, 0) is 47.7 Å². The van der Waals surface area contributed by atoms with Crippen LogP contribution in [0.3, 0.4) is 0 Å². The second-order valence-electron chi connectivity index (χ2n) is 7.89. The average molecular weight is 498 g/mol. The van der Waals surface area contributed by atoms with Crippen molar-refractivity contribution in [2.75, 3.05) is 26.2 Å². The van der Waals surface area contributed by atoms with Crippen molar-refractivity contribution in [1.82, 2.24) is 9.80 Å². The van der Waals surface area contributed by atoms with Crippen LogP contribution in [0.2, 0.25) is 10.0 Å². The second-order valence-corrected chi connectivity index (χ2v) is 9.71. The van der Waals surface area contributed by atoms with Crippen molar-refractivity contribution in [3.8, 4) is 11.3 Å². The summed E-state index contributed by atoms with van der Waals surface area (Å²) >= 11 is 13.5. The summed E-state index contributed by atoms with van der Waals surface area (Å²) in [6, 6.07) is 19.5. The number of thioether (sulfide) groups is 1. The Bertz CT molecular complexity index is 1230. The first-order valence-electron chi connectivity index (χ1n) is 10.6. The molecule has 0 aliphatic carbocycles. The molecule has 3 aromatic rings. The molecule has 1 aromatic heterocycles. The maximum atomic E-state index is 12.5. The molecule has 5 rings (SSSR count). The van der Waals surface area contributed by atoms with Crippen LogP contribution in [0.5, 0.6) is 0 Å². The molecule has 8 heteroatoms. The summed E-state index contributed by atoms with van der Waals surface area (Å²) in [6.07, 6.45) is 1.75. The number of hydrogen-bond acceptors (Lipinski definition) is 5. The molecule has 0 saturated carbocycles. The van der Waals surface area contributed by atoms with Gasteiger partial charge >= 0.3 is 0 Å². The number of carbonyl (C=O) groups excluding carboxylic acids is 1. The van der Waals surface area contributed by atoms with E-state index >= 15 is 0 Å². The highest BCUT2D eigenvalue weighted by Gasteiger charge is 2.28. The third kappa shape index (κ3) is 5.20. The molecule has 3 heterocycles. The molecule has 168 valence electrons. The lowest BCUT2D eigenvalue weighted by Crippen LogP contribution is -2.47. The number of aliphatic imine (C=N–C) groups is 1. The van der Waals surface area contributed by atoms with Crippen LogP contribution in [-0.2, 0) is 11.3 Å². The molecule has 2 aliphatic rings. The van der Waals surface area contributed by atoms with E-state index in [1.54, 1.807) is 18.2 Å². The predicted octanol–water partition coefficient (Wildman–Crippen LogP) is 6.04. The highest BCUT2D eigenvalue weighted by molar-refractivity contribution is 8.18. The first-order chi connectivity index (χ1) is 16.0. The largest absolute Gasteiger partial charge is 0.457 e. The number of amidine groups is 1. The van der Waals surface area contributed by atoms with E-state index < -0.39 is 0 Å². The molecule has 0 bridgehead atoms. The average Bonchev–Trinajstić information content (AvgIpc) is 3.44. The number of benzene rings is 2. The van der Waals surface area contributed by atoms with Crippen LogP contribution in [0, 0.1) is 0 Å². The van der Waals surface area contributed by atoms with E-state index in [4.69, 9.17) is 27.6 Å². The molecule has 0 unspecified atom stereocenters. The van der Waals surface area contributed by atoms with Crippen LogP contribution >= 0.6 is 35.0 Å². The van der Waals surface area contributed by atoms with Gasteiger partial charge in [0.2, 0.25) is 0 Å². The highest BCUT2D eigenvalue weighted by atomic mass is 35.5. The van der Waals surface area contributed by atoms with Crippen LogP contribution in [-0.4, -0.2) is 47.1 Å². The van der Waals surface area contributed by atoms with Gasteiger partial charge in [-0.3, -0.25) is 9.69 Å². The van der Waals surface area contributed by atoms with Gasteiger partial charge in [-0.2, -0.15) is 4.99 Å². The molecule has 0 spiro atoms. The maximum Gasteiger partial charge on any atom is 0.286 e. The Morgan fingerprint density at radius 3 is 2.52 bits per heavy atom. The van der Waals surface area contributed by atoms with E-state index in [-0.39, 0.29) is 5.91 Å². The van der Waals surface area contributed by atoms with E-state index in [2.05, 4.69) is 39.1 Å². The lowest BCUT2D eigenvalue weighted by molar-refractivity contribution is -0.113. The number of piperazine rings is 1. The molecule has 1 fully saturated rings. The van der Waals surface area contributed by atoms with Crippen LogP contribution in [0.15, 0.2) is 75.0 Å². The Morgan fingerprint density at radius 1 is 0.970 bits per heavy atom. The quantitative estimate of drug-likeness (QED) is 0.411. The van der Waals surface area contributed by atoms with Crippen LogP contribution in [0.25, 0.3) is 17.4 Å². The fraction of sp³-hybridized carbons (Fsp3) is 0.200. The standard InChI is InChI=1S/C25H21Cl2N3O2S/c26-20-8-6-18(14-21(20)27)22-9-7-19(32-22)15-23-24(31)28-25(33-23)30-12-10-29(11-13-30)16-17-4-2-1-3-5-17/h1-9,14-15H,10-13,16H2. The molecule has 33 heavy (non-hydrogen) atoms. The molecule has 1 saturated heterocycles. The van der Waals surface area contributed by atoms with Gasteiger partial charge in [0.25, 0.3) is 5.91 Å². The van der Waals surface area contributed by atoms with Crippen molar-refractivity contribution in [2.24, 2.45) is 4.99 Å². The van der Waals surface area contributed by atoms with Crippen LogP contribution in [0.4, 0.5) is 0 Å². The maximum absolute atomic E-state index is 12.5. The lowest BCUT2D eigenvalue weighted by atomic mass is 10.2. The molecular weight excluding hydrogens is 477 g/mol. The van der Waals surface area contributed by atoms with Crippen molar-refractivity contribution in [3.63, 3.8) is 0 Å². The van der Waals surface area contributed by atoms with Gasteiger partial charge < -0.3 is 9.32 Å². The number of halogens is 2. The molecule has 0 N–H and O–H groups in total. The van der Waals surface area contributed by atoms with Gasteiger partial charge in [0.05, 0.1) is 15.0 Å². The van der Waals surface area contributed by atoms with Crippen molar-refractivity contribution >= 4 is 52.1 Å². The van der Waals surface area contributed by atoms with Crippen molar-refractivity contribution in [1.29, 1.82) is 0 Å². The normalized spacial score (nSPS) is 18.2. The van der Waals surface area contributed by atoms with Crippen molar-refractivity contribution in [2.45, 2.75) is 6.54 Å². The summed E-state index contributed by atoms with van der Waals surface area (Å²) in [5, 5.41) is 1.73. The zero-order valence-corrected chi connectivity index (χ0v) is 20.0. The van der Waals surface area contributed by atoms with Gasteiger partial charge in [0, 0.05) is 44.4 Å². The van der Waals surface area contributed by atoms with Gasteiger partial charge in [-0.25, -0.2) is 0 Å². The smallest absolute Gasteiger partial charge is 0.286 e. The van der Waals surface area contributed by atoms with Crippen molar-refractivity contribution in [3.05, 3.63) is 86.9 Å². The fourth-order valence-corrected chi connectivity index (χ4v) is 5.08. The minimum atomic E-state index is -0.228. The number of hydrogen-bond donors (Lipinski definition) is 0. The molecule has 1 amide bonds. The molecular formula is C25H21Cl2N3O2S. The number of rotatable bonds is 4. The zero-order valence-electron chi connectivity index (χ0n) is 17.7. The first-order valence-corrected chi connectivity index (χ1v) is 12.2. The van der Waals surface area contributed by atoms with E-state index in [9.17, 15) is 4.79 Å². The van der Waals surface area contributed by atoms with Gasteiger partial charge in [-0.15, -0.1) is 0 Å². The minimum absolute atomic E-state index is 0.228. The van der Waals surface area contributed by atoms with Gasteiger partial charge in [0.1, 0.15) is 11.5 Å². The molecule has 2 aromatic carbocycles. The summed E-state index contributed by atoms with van der Waals surface area (Å²) in [6.45, 7) is 4.51. The third-order valence-corrected chi connectivity index (χ3v) is 7.39. The zero-order chi connectivity index (χ0) is 22.8. The fourth-order valence-electron chi connectivity index (χ4n) is 3.84. The highest BCUT2D eigenvalue weighted by Crippen LogP contribution is 2.33. The monoisotopic (exact) mass is 497 g/mol. The van der Waals surface area contributed by atoms with Crippen LogP contribution < -0.4 is 0 Å². The SMILES string of the molecule is O=C1N=C(N2CCN(Cc3ccccc3)CC2)SC1=Cc1ccc(-c2ccc(Cl)c(Cl)c2)o1. The van der Waals surface area contributed by atoms with Crippen LogP contribution in [0.1, 0.15) is 11.3 Å². The molecule has 0 radical (unpaired) electrons. The third-order valence-electron chi connectivity index (χ3n) is 5.61. The predicted molar refractivity (Wildman–Crippen MR) is 135 cm³/mol. The Balaban J connectivity index is 1.20. The molecule has 2 aliphatic heterocycles.